The summed E-state index contributed by atoms with van der Waals surface area (Å²) in [7, 11) is 0. The van der Waals surface area contributed by atoms with E-state index in [2.05, 4.69) is 16.5 Å². The van der Waals surface area contributed by atoms with Gasteiger partial charge in [0.2, 0.25) is 0 Å². The molecule has 0 aliphatic rings. The van der Waals surface area contributed by atoms with Crippen molar-refractivity contribution in [1.82, 2.24) is 9.78 Å². The molecule has 1 aromatic carbocycles. The maximum atomic E-state index is 12.4. The van der Waals surface area contributed by atoms with Crippen molar-refractivity contribution in [1.29, 1.82) is 5.26 Å². The van der Waals surface area contributed by atoms with Crippen LogP contribution >= 0.6 is 0 Å². The highest BCUT2D eigenvalue weighted by Gasteiger charge is 2.16. The molecule has 0 aliphatic carbocycles. The number of nitrogens with zero attached hydrogens (tertiary/aromatic N) is 3. The van der Waals surface area contributed by atoms with Crippen LogP contribution in [0.2, 0.25) is 0 Å². The number of hydrogen-bond acceptors (Lipinski definition) is 3. The van der Waals surface area contributed by atoms with Crippen LogP contribution < -0.4 is 5.32 Å². The number of aromatic nitrogens is 2. The Morgan fingerprint density at radius 2 is 2.19 bits per heavy atom. The van der Waals surface area contributed by atoms with Gasteiger partial charge in [-0.25, -0.2) is 0 Å². The van der Waals surface area contributed by atoms with Crippen LogP contribution in [0.1, 0.15) is 41.2 Å². The van der Waals surface area contributed by atoms with Crippen LogP contribution in [0.4, 0.5) is 5.69 Å². The van der Waals surface area contributed by atoms with Gasteiger partial charge in [0.05, 0.1) is 16.9 Å². The third kappa shape index (κ3) is 2.95. The van der Waals surface area contributed by atoms with Gasteiger partial charge < -0.3 is 5.32 Å². The van der Waals surface area contributed by atoms with Gasteiger partial charge in [-0.1, -0.05) is 19.1 Å². The molecule has 1 N–H and O–H groups in total. The van der Waals surface area contributed by atoms with Gasteiger partial charge in [-0.05, 0) is 38.0 Å². The number of anilines is 1. The highest BCUT2D eigenvalue weighted by atomic mass is 16.2. The first-order valence-corrected chi connectivity index (χ1v) is 6.98. The Morgan fingerprint density at radius 3 is 2.81 bits per heavy atom. The minimum absolute atomic E-state index is 0.244. The van der Waals surface area contributed by atoms with Gasteiger partial charge in [0.1, 0.15) is 11.8 Å². The predicted octanol–water partition coefficient (Wildman–Crippen LogP) is 2.90. The van der Waals surface area contributed by atoms with E-state index in [4.69, 9.17) is 0 Å². The molecule has 5 nitrogen and oxygen atoms in total. The third-order valence-corrected chi connectivity index (χ3v) is 3.36. The average molecular weight is 282 g/mol. The lowest BCUT2D eigenvalue weighted by molar-refractivity contribution is 0.101. The Labute approximate surface area is 124 Å². The van der Waals surface area contributed by atoms with Gasteiger partial charge in [0, 0.05) is 6.54 Å². The Hall–Kier alpha value is -2.61. The quantitative estimate of drug-likeness (QED) is 0.937. The van der Waals surface area contributed by atoms with Crippen LogP contribution in [0.25, 0.3) is 0 Å². The highest BCUT2D eigenvalue weighted by molar-refractivity contribution is 6.04. The molecule has 2 rings (SSSR count). The summed E-state index contributed by atoms with van der Waals surface area (Å²) in [6, 6.07) is 9.32. The monoisotopic (exact) mass is 282 g/mol. The summed E-state index contributed by atoms with van der Waals surface area (Å²) in [6.45, 7) is 6.41. The topological polar surface area (TPSA) is 70.7 Å². The number of rotatable bonds is 4. The molecule has 2 aromatic rings. The standard InChI is InChI=1S/C16H18N4O/c1-4-12-9-15(20(5-2)19-12)16(21)18-14-8-6-7-11(3)13(14)10-17/h6-9H,4-5H2,1-3H3,(H,18,21). The van der Waals surface area contributed by atoms with E-state index in [0.29, 0.717) is 23.5 Å². The molecule has 0 saturated carbocycles. The molecule has 0 saturated heterocycles. The minimum Gasteiger partial charge on any atom is -0.319 e. The van der Waals surface area contributed by atoms with Gasteiger partial charge in [-0.3, -0.25) is 9.48 Å². The maximum absolute atomic E-state index is 12.4. The molecule has 0 fully saturated rings. The van der Waals surface area contributed by atoms with Crippen molar-refractivity contribution in [3.63, 3.8) is 0 Å². The van der Waals surface area contributed by atoms with Crippen molar-refractivity contribution in [3.05, 3.63) is 46.8 Å². The maximum Gasteiger partial charge on any atom is 0.273 e. The first-order chi connectivity index (χ1) is 10.1. The first kappa shape index (κ1) is 14.8. The zero-order chi connectivity index (χ0) is 15.4. The van der Waals surface area contributed by atoms with Crippen LogP contribution in [0.5, 0.6) is 0 Å². The van der Waals surface area contributed by atoms with Crippen molar-refractivity contribution in [2.45, 2.75) is 33.7 Å². The molecule has 0 bridgehead atoms. The third-order valence-electron chi connectivity index (χ3n) is 3.36. The molecule has 108 valence electrons. The van der Waals surface area contributed by atoms with E-state index in [0.717, 1.165) is 17.7 Å². The van der Waals surface area contributed by atoms with E-state index in [1.54, 1.807) is 16.8 Å². The zero-order valence-electron chi connectivity index (χ0n) is 12.5. The number of aryl methyl sites for hydroxylation is 3. The largest absolute Gasteiger partial charge is 0.319 e. The van der Waals surface area contributed by atoms with E-state index >= 15 is 0 Å². The highest BCUT2D eigenvalue weighted by Crippen LogP contribution is 2.19. The van der Waals surface area contributed by atoms with Crippen LogP contribution in [0.3, 0.4) is 0 Å². The molecular formula is C16H18N4O. The number of carbonyl (C=O) groups excluding carboxylic acids is 1. The average Bonchev–Trinajstić information content (AvgIpc) is 2.91. The summed E-state index contributed by atoms with van der Waals surface area (Å²) >= 11 is 0. The molecule has 5 heteroatoms. The van der Waals surface area contributed by atoms with Gasteiger partial charge in [-0.2, -0.15) is 10.4 Å². The molecule has 1 aromatic heterocycles. The van der Waals surface area contributed by atoms with Gasteiger partial charge in [0.25, 0.3) is 5.91 Å². The van der Waals surface area contributed by atoms with Gasteiger partial charge in [-0.15, -0.1) is 0 Å². The van der Waals surface area contributed by atoms with E-state index in [9.17, 15) is 10.1 Å². The number of amides is 1. The number of nitriles is 1. The zero-order valence-corrected chi connectivity index (χ0v) is 12.5. The Balaban J connectivity index is 2.33. The summed E-state index contributed by atoms with van der Waals surface area (Å²) in [6.07, 6.45) is 0.779. The summed E-state index contributed by atoms with van der Waals surface area (Å²) in [5.41, 5.74) is 3.26. The molecule has 0 atom stereocenters. The molecule has 0 aliphatic heterocycles. The van der Waals surface area contributed by atoms with Crippen molar-refractivity contribution in [2.24, 2.45) is 0 Å². The normalized spacial score (nSPS) is 10.2. The molecule has 0 unspecified atom stereocenters. The minimum atomic E-state index is -0.244. The van der Waals surface area contributed by atoms with Crippen LogP contribution in [-0.4, -0.2) is 15.7 Å². The van der Waals surface area contributed by atoms with Crippen LogP contribution in [0, 0.1) is 18.3 Å². The molecule has 0 spiro atoms. The Kier molecular flexibility index (Phi) is 4.39. The lowest BCUT2D eigenvalue weighted by Gasteiger charge is -2.09. The number of nitrogens with one attached hydrogen (secondary N) is 1. The Morgan fingerprint density at radius 1 is 1.43 bits per heavy atom. The lowest BCUT2D eigenvalue weighted by Crippen LogP contribution is -2.18. The summed E-state index contributed by atoms with van der Waals surface area (Å²) in [5, 5.41) is 16.4. The fraction of sp³-hybridized carbons (Fsp3) is 0.312. The van der Waals surface area contributed by atoms with Gasteiger partial charge >= 0.3 is 0 Å². The van der Waals surface area contributed by atoms with Crippen LogP contribution in [0.15, 0.2) is 24.3 Å². The van der Waals surface area contributed by atoms with E-state index in [1.807, 2.05) is 32.9 Å². The molecule has 1 amide bonds. The number of carbonyl (C=O) groups is 1. The lowest BCUT2D eigenvalue weighted by atomic mass is 10.1. The summed E-state index contributed by atoms with van der Waals surface area (Å²) < 4.78 is 1.68. The summed E-state index contributed by atoms with van der Waals surface area (Å²) in [5.74, 6) is -0.244. The SMILES string of the molecule is CCc1cc(C(=O)Nc2cccc(C)c2C#N)n(CC)n1. The number of benzene rings is 1. The second kappa shape index (κ2) is 6.23. The Bertz CT molecular complexity index is 710. The molecule has 0 radical (unpaired) electrons. The smallest absolute Gasteiger partial charge is 0.273 e. The van der Waals surface area contributed by atoms with E-state index < -0.39 is 0 Å². The molecular weight excluding hydrogens is 264 g/mol. The van der Waals surface area contributed by atoms with Crippen molar-refractivity contribution in [2.75, 3.05) is 5.32 Å². The predicted molar refractivity (Wildman–Crippen MR) is 81.1 cm³/mol. The summed E-state index contributed by atoms with van der Waals surface area (Å²) in [4.78, 5) is 12.4. The van der Waals surface area contributed by atoms with Crippen molar-refractivity contribution >= 4 is 11.6 Å². The molecule has 1 heterocycles. The van der Waals surface area contributed by atoms with Gasteiger partial charge in [0.15, 0.2) is 0 Å². The van der Waals surface area contributed by atoms with E-state index in [1.165, 1.54) is 0 Å². The van der Waals surface area contributed by atoms with Crippen molar-refractivity contribution in [3.8, 4) is 6.07 Å². The molecule has 21 heavy (non-hydrogen) atoms. The van der Waals surface area contributed by atoms with Crippen molar-refractivity contribution < 1.29 is 4.79 Å². The van der Waals surface area contributed by atoms with Crippen LogP contribution in [-0.2, 0) is 13.0 Å². The van der Waals surface area contributed by atoms with E-state index in [-0.39, 0.29) is 5.91 Å². The first-order valence-electron chi connectivity index (χ1n) is 6.98. The second-order valence-electron chi connectivity index (χ2n) is 4.75. The number of hydrogen-bond donors (Lipinski definition) is 1. The fourth-order valence-corrected chi connectivity index (χ4v) is 2.17. The second-order valence-corrected chi connectivity index (χ2v) is 4.75. The fourth-order valence-electron chi connectivity index (χ4n) is 2.17.